The molecule has 0 aliphatic heterocycles. The van der Waals surface area contributed by atoms with E-state index in [0.29, 0.717) is 16.0 Å². The highest BCUT2D eigenvalue weighted by Crippen LogP contribution is 2.37. The van der Waals surface area contributed by atoms with Crippen molar-refractivity contribution in [3.63, 3.8) is 0 Å². The molecule has 0 saturated heterocycles. The summed E-state index contributed by atoms with van der Waals surface area (Å²) in [5.74, 6) is -1.71. The van der Waals surface area contributed by atoms with Crippen molar-refractivity contribution in [3.05, 3.63) is 86.3 Å². The Hall–Kier alpha value is -5.13. The number of hydroxylamine groups is 1. The zero-order valence-corrected chi connectivity index (χ0v) is 23.7. The summed E-state index contributed by atoms with van der Waals surface area (Å²) in [7, 11) is 4.32. The first-order chi connectivity index (χ1) is 20.8. The first-order valence-corrected chi connectivity index (χ1v) is 13.3. The number of halogens is 2. The van der Waals surface area contributed by atoms with Crippen LogP contribution in [0.15, 0.2) is 52.3 Å². The Kier molecular flexibility index (Phi) is 8.46. The van der Waals surface area contributed by atoms with Gasteiger partial charge in [0.15, 0.2) is 5.82 Å². The quantitative estimate of drug-likeness (QED) is 0.210. The van der Waals surface area contributed by atoms with E-state index in [9.17, 15) is 23.2 Å². The van der Waals surface area contributed by atoms with Crippen molar-refractivity contribution in [2.45, 2.75) is 13.1 Å². The third-order valence-electron chi connectivity index (χ3n) is 6.20. The van der Waals surface area contributed by atoms with Crippen molar-refractivity contribution in [2.24, 2.45) is 0 Å². The van der Waals surface area contributed by atoms with Crippen molar-refractivity contribution in [3.8, 4) is 22.1 Å². The van der Waals surface area contributed by atoms with Crippen molar-refractivity contribution >= 4 is 33.5 Å². The lowest BCUT2D eigenvalue weighted by Crippen LogP contribution is -2.39. The number of rotatable bonds is 9. The lowest BCUT2D eigenvalue weighted by molar-refractivity contribution is 0.114. The van der Waals surface area contributed by atoms with Crippen LogP contribution in [0.5, 0.6) is 5.88 Å². The van der Waals surface area contributed by atoms with Crippen LogP contribution in [0.3, 0.4) is 0 Å². The van der Waals surface area contributed by atoms with E-state index in [1.807, 2.05) is 0 Å². The number of amides is 2. The molecular formula is C26H23F2N9O5S. The molecule has 222 valence electrons. The maximum absolute atomic E-state index is 14.8. The van der Waals surface area contributed by atoms with E-state index >= 15 is 0 Å². The number of ether oxygens (including phenoxy) is 1. The van der Waals surface area contributed by atoms with Crippen molar-refractivity contribution in [1.82, 2.24) is 40.1 Å². The first-order valence-electron chi connectivity index (χ1n) is 12.5. The largest absolute Gasteiger partial charge is 0.480 e. The van der Waals surface area contributed by atoms with Crippen LogP contribution in [-0.2, 0) is 17.9 Å². The Morgan fingerprint density at radius 1 is 1.02 bits per heavy atom. The van der Waals surface area contributed by atoms with E-state index in [1.165, 1.54) is 44.8 Å². The number of thiophene rings is 1. The van der Waals surface area contributed by atoms with Gasteiger partial charge in [-0.25, -0.2) is 38.4 Å². The van der Waals surface area contributed by atoms with E-state index < -0.39 is 35.5 Å². The number of aromatic nitrogens is 6. The van der Waals surface area contributed by atoms with Crippen LogP contribution in [0.2, 0.25) is 0 Å². The second-order valence-electron chi connectivity index (χ2n) is 8.82. The summed E-state index contributed by atoms with van der Waals surface area (Å²) in [4.78, 5) is 53.2. The van der Waals surface area contributed by atoms with Gasteiger partial charge >= 0.3 is 11.7 Å². The highest BCUT2D eigenvalue weighted by Gasteiger charge is 2.25. The van der Waals surface area contributed by atoms with E-state index in [0.717, 1.165) is 32.6 Å². The highest BCUT2D eigenvalue weighted by molar-refractivity contribution is 7.22. The number of nitrogens with zero attached hydrogens (tertiary/aromatic N) is 6. The summed E-state index contributed by atoms with van der Waals surface area (Å²) < 4.78 is 36.5. The Morgan fingerprint density at radius 3 is 2.35 bits per heavy atom. The number of nitrogens with one attached hydrogen (secondary N) is 3. The summed E-state index contributed by atoms with van der Waals surface area (Å²) in [5, 5.41) is 13.3. The van der Waals surface area contributed by atoms with Gasteiger partial charge in [-0.2, -0.15) is 0 Å². The molecule has 14 nitrogen and oxygen atoms in total. The average molecular weight is 612 g/mol. The highest BCUT2D eigenvalue weighted by atomic mass is 32.1. The maximum atomic E-state index is 14.8. The average Bonchev–Trinajstić information content (AvgIpc) is 3.37. The number of urea groups is 1. The van der Waals surface area contributed by atoms with E-state index in [4.69, 9.17) is 4.74 Å². The fourth-order valence-corrected chi connectivity index (χ4v) is 5.58. The van der Waals surface area contributed by atoms with Gasteiger partial charge < -0.3 is 10.1 Å². The maximum Gasteiger partial charge on any atom is 0.345 e. The zero-order valence-electron chi connectivity index (χ0n) is 22.8. The minimum absolute atomic E-state index is 0.0260. The number of anilines is 1. The molecule has 0 atom stereocenters. The SMILES string of the molecule is CNCc1c(-c2cnc(NC(=O)NOC)nc2)sc2c1c(=O)n(-c1ccc(OC)nn1)c(=O)n2Cc1c(F)cccc1F. The topological polar surface area (TPSA) is 167 Å². The molecule has 0 fully saturated rings. The molecule has 3 N–H and O–H groups in total. The number of fused-ring (bicyclic) bond motifs is 1. The van der Waals surface area contributed by atoms with E-state index in [-0.39, 0.29) is 40.0 Å². The lowest BCUT2D eigenvalue weighted by atomic mass is 10.1. The van der Waals surface area contributed by atoms with Gasteiger partial charge in [0.2, 0.25) is 11.8 Å². The molecule has 0 saturated carbocycles. The molecule has 5 rings (SSSR count). The van der Waals surface area contributed by atoms with Gasteiger partial charge in [-0.1, -0.05) is 6.07 Å². The van der Waals surface area contributed by atoms with Gasteiger partial charge in [-0.3, -0.25) is 19.5 Å². The Balaban J connectivity index is 1.77. The monoisotopic (exact) mass is 611 g/mol. The summed E-state index contributed by atoms with van der Waals surface area (Å²) in [6, 6.07) is 5.48. The Morgan fingerprint density at radius 2 is 1.74 bits per heavy atom. The molecule has 0 unspecified atom stereocenters. The van der Waals surface area contributed by atoms with Crippen LogP contribution >= 0.6 is 11.3 Å². The predicted molar refractivity (Wildman–Crippen MR) is 152 cm³/mol. The second kappa shape index (κ2) is 12.4. The summed E-state index contributed by atoms with van der Waals surface area (Å²) in [6.07, 6.45) is 2.84. The van der Waals surface area contributed by atoms with Gasteiger partial charge in [-0.15, -0.1) is 21.5 Å². The van der Waals surface area contributed by atoms with Crippen LogP contribution in [0.25, 0.3) is 26.5 Å². The third-order valence-corrected chi connectivity index (χ3v) is 7.51. The molecular weight excluding hydrogens is 588 g/mol. The van der Waals surface area contributed by atoms with Crippen LogP contribution in [0, 0.1) is 11.6 Å². The van der Waals surface area contributed by atoms with Gasteiger partial charge in [0.05, 0.1) is 26.2 Å². The summed E-state index contributed by atoms with van der Waals surface area (Å²) in [6.45, 7) is -0.355. The van der Waals surface area contributed by atoms with Crippen molar-refractivity contribution in [1.29, 1.82) is 0 Å². The third kappa shape index (κ3) is 5.68. The van der Waals surface area contributed by atoms with Gasteiger partial charge in [0.1, 0.15) is 16.5 Å². The van der Waals surface area contributed by atoms with Crippen LogP contribution < -0.4 is 32.1 Å². The molecule has 0 bridgehead atoms. The smallest absolute Gasteiger partial charge is 0.345 e. The fraction of sp³-hybridized carbons (Fsp3) is 0.192. The molecule has 0 aliphatic carbocycles. The minimum Gasteiger partial charge on any atom is -0.480 e. The molecule has 4 heterocycles. The molecule has 17 heteroatoms. The second-order valence-corrected chi connectivity index (χ2v) is 9.82. The van der Waals surface area contributed by atoms with Gasteiger partial charge in [0, 0.05) is 41.0 Å². The van der Waals surface area contributed by atoms with Crippen LogP contribution in [0.1, 0.15) is 11.1 Å². The van der Waals surface area contributed by atoms with Crippen molar-refractivity contribution in [2.75, 3.05) is 26.6 Å². The molecule has 2 amide bonds. The molecule has 4 aromatic heterocycles. The number of benzene rings is 1. The molecule has 5 aromatic rings. The van der Waals surface area contributed by atoms with Crippen LogP contribution in [-0.4, -0.2) is 56.6 Å². The van der Waals surface area contributed by atoms with E-state index in [1.54, 1.807) is 7.05 Å². The molecule has 1 aromatic carbocycles. The predicted octanol–water partition coefficient (Wildman–Crippen LogP) is 2.20. The Labute approximate surface area is 244 Å². The number of methoxy groups -OCH3 is 1. The Bertz CT molecular complexity index is 1910. The summed E-state index contributed by atoms with van der Waals surface area (Å²) in [5.41, 5.74) is 1.05. The lowest BCUT2D eigenvalue weighted by Gasteiger charge is -2.13. The normalized spacial score (nSPS) is 11.1. The minimum atomic E-state index is -0.886. The molecule has 43 heavy (non-hydrogen) atoms. The number of hydrogen-bond donors (Lipinski definition) is 3. The number of carbonyl (C=O) groups is 1. The zero-order chi connectivity index (χ0) is 30.7. The first kappa shape index (κ1) is 29.4. The van der Waals surface area contributed by atoms with Gasteiger partial charge in [0.25, 0.3) is 5.56 Å². The molecule has 0 aliphatic rings. The van der Waals surface area contributed by atoms with Gasteiger partial charge in [-0.05, 0) is 30.8 Å². The molecule has 0 radical (unpaired) electrons. The summed E-state index contributed by atoms with van der Waals surface area (Å²) >= 11 is 1.05. The fourth-order valence-electron chi connectivity index (χ4n) is 4.30. The van der Waals surface area contributed by atoms with E-state index in [2.05, 4.69) is 41.1 Å². The molecule has 0 spiro atoms. The number of carbonyl (C=O) groups excluding carboxylic acids is 1. The number of hydrogen-bond acceptors (Lipinski definition) is 11. The van der Waals surface area contributed by atoms with Crippen molar-refractivity contribution < 1.29 is 23.1 Å². The van der Waals surface area contributed by atoms with Crippen LogP contribution in [0.4, 0.5) is 19.5 Å². The standard InChI is InChI=1S/C26H23F2N9O5S/c1-29-11-14-20-22(38)37(18-7-8-19(41-2)34-33-18)26(40)36(12-15-16(27)5-4-6-17(15)28)23(20)43-21(14)13-9-30-24(31-10-13)32-25(39)35-42-3/h4-10,29H,11-12H2,1-3H3,(H2,30,31,32,35,39).